The van der Waals surface area contributed by atoms with Crippen LogP contribution in [0.15, 0.2) is 36.5 Å². The SMILES string of the molecule is CCOC(=O)c1cccn1-c1ccc(N)cc1C. The van der Waals surface area contributed by atoms with E-state index in [0.717, 1.165) is 11.3 Å². The van der Waals surface area contributed by atoms with Crippen LogP contribution in [0.3, 0.4) is 0 Å². The van der Waals surface area contributed by atoms with E-state index in [4.69, 9.17) is 10.5 Å². The first-order valence-corrected chi connectivity index (χ1v) is 5.84. The van der Waals surface area contributed by atoms with Crippen LogP contribution in [0.1, 0.15) is 23.0 Å². The van der Waals surface area contributed by atoms with Crippen molar-refractivity contribution >= 4 is 11.7 Å². The van der Waals surface area contributed by atoms with Gasteiger partial charge in [-0.3, -0.25) is 0 Å². The highest BCUT2D eigenvalue weighted by molar-refractivity contribution is 5.88. The summed E-state index contributed by atoms with van der Waals surface area (Å²) in [5.74, 6) is -0.321. The van der Waals surface area contributed by atoms with E-state index in [1.165, 1.54) is 0 Å². The van der Waals surface area contributed by atoms with E-state index in [0.29, 0.717) is 18.0 Å². The second kappa shape index (κ2) is 4.96. The van der Waals surface area contributed by atoms with E-state index < -0.39 is 0 Å². The van der Waals surface area contributed by atoms with Crippen molar-refractivity contribution < 1.29 is 9.53 Å². The molecular formula is C14H16N2O2. The van der Waals surface area contributed by atoms with Gasteiger partial charge in [0.25, 0.3) is 0 Å². The fourth-order valence-corrected chi connectivity index (χ4v) is 1.91. The Labute approximate surface area is 106 Å². The molecule has 18 heavy (non-hydrogen) atoms. The number of esters is 1. The highest BCUT2D eigenvalue weighted by Crippen LogP contribution is 2.20. The molecule has 1 aromatic carbocycles. The molecule has 0 aliphatic rings. The molecular weight excluding hydrogens is 228 g/mol. The second-order valence-electron chi connectivity index (χ2n) is 4.03. The summed E-state index contributed by atoms with van der Waals surface area (Å²) in [5, 5.41) is 0. The van der Waals surface area contributed by atoms with Gasteiger partial charge in [0.15, 0.2) is 0 Å². The van der Waals surface area contributed by atoms with Gasteiger partial charge in [-0.25, -0.2) is 4.79 Å². The van der Waals surface area contributed by atoms with Gasteiger partial charge in [-0.05, 0) is 49.7 Å². The van der Waals surface area contributed by atoms with Crippen LogP contribution in [0.2, 0.25) is 0 Å². The molecule has 1 heterocycles. The maximum absolute atomic E-state index is 11.8. The summed E-state index contributed by atoms with van der Waals surface area (Å²) < 4.78 is 6.84. The van der Waals surface area contributed by atoms with Crippen molar-refractivity contribution in [2.75, 3.05) is 12.3 Å². The van der Waals surface area contributed by atoms with E-state index in [2.05, 4.69) is 0 Å². The molecule has 0 radical (unpaired) electrons. The fraction of sp³-hybridized carbons (Fsp3) is 0.214. The Balaban J connectivity index is 2.45. The first-order valence-electron chi connectivity index (χ1n) is 5.84. The number of nitrogens with two attached hydrogens (primary N) is 1. The Morgan fingerprint density at radius 2 is 2.17 bits per heavy atom. The third-order valence-electron chi connectivity index (χ3n) is 2.71. The molecule has 0 atom stereocenters. The molecule has 4 heteroatoms. The van der Waals surface area contributed by atoms with Gasteiger partial charge in [0.05, 0.1) is 6.61 Å². The number of carbonyl (C=O) groups is 1. The molecule has 2 N–H and O–H groups in total. The zero-order chi connectivity index (χ0) is 13.1. The number of benzene rings is 1. The Morgan fingerprint density at radius 1 is 1.39 bits per heavy atom. The van der Waals surface area contributed by atoms with Crippen molar-refractivity contribution in [3.63, 3.8) is 0 Å². The molecule has 0 bridgehead atoms. The average Bonchev–Trinajstić information content (AvgIpc) is 2.78. The summed E-state index contributed by atoms with van der Waals surface area (Å²) in [7, 11) is 0. The minimum Gasteiger partial charge on any atom is -0.461 e. The lowest BCUT2D eigenvalue weighted by atomic mass is 10.1. The van der Waals surface area contributed by atoms with Gasteiger partial charge < -0.3 is 15.0 Å². The summed E-state index contributed by atoms with van der Waals surface area (Å²) in [6.45, 7) is 4.12. The minimum absolute atomic E-state index is 0.321. The molecule has 0 aliphatic heterocycles. The van der Waals surface area contributed by atoms with Crippen molar-refractivity contribution in [1.82, 2.24) is 4.57 Å². The Morgan fingerprint density at radius 3 is 2.83 bits per heavy atom. The van der Waals surface area contributed by atoms with Gasteiger partial charge in [-0.2, -0.15) is 0 Å². The van der Waals surface area contributed by atoms with E-state index in [1.807, 2.05) is 42.0 Å². The van der Waals surface area contributed by atoms with Gasteiger partial charge in [0.2, 0.25) is 0 Å². The zero-order valence-corrected chi connectivity index (χ0v) is 10.5. The van der Waals surface area contributed by atoms with Crippen molar-refractivity contribution in [3.05, 3.63) is 47.8 Å². The first-order chi connectivity index (χ1) is 8.63. The van der Waals surface area contributed by atoms with Crippen LogP contribution in [0.4, 0.5) is 5.69 Å². The van der Waals surface area contributed by atoms with Crippen molar-refractivity contribution in [2.24, 2.45) is 0 Å². The van der Waals surface area contributed by atoms with Crippen LogP contribution < -0.4 is 5.73 Å². The van der Waals surface area contributed by atoms with Gasteiger partial charge in [-0.15, -0.1) is 0 Å². The van der Waals surface area contributed by atoms with Crippen LogP contribution in [0.5, 0.6) is 0 Å². The predicted octanol–water partition coefficient (Wildman–Crippen LogP) is 2.54. The van der Waals surface area contributed by atoms with E-state index in [1.54, 1.807) is 13.0 Å². The normalized spacial score (nSPS) is 10.3. The molecule has 4 nitrogen and oxygen atoms in total. The van der Waals surface area contributed by atoms with Crippen molar-refractivity contribution in [1.29, 1.82) is 0 Å². The number of hydrogen-bond donors (Lipinski definition) is 1. The topological polar surface area (TPSA) is 57.2 Å². The number of aryl methyl sites for hydroxylation is 1. The fourth-order valence-electron chi connectivity index (χ4n) is 1.91. The number of nitrogen functional groups attached to an aromatic ring is 1. The number of anilines is 1. The summed E-state index contributed by atoms with van der Waals surface area (Å²) in [5.41, 5.74) is 8.89. The molecule has 0 aliphatic carbocycles. The minimum atomic E-state index is -0.321. The largest absolute Gasteiger partial charge is 0.461 e. The van der Waals surface area contributed by atoms with Crippen molar-refractivity contribution in [2.45, 2.75) is 13.8 Å². The molecule has 2 aromatic rings. The highest BCUT2D eigenvalue weighted by atomic mass is 16.5. The van der Waals surface area contributed by atoms with Gasteiger partial charge in [0, 0.05) is 17.6 Å². The average molecular weight is 244 g/mol. The molecule has 0 unspecified atom stereocenters. The van der Waals surface area contributed by atoms with Crippen LogP contribution in [-0.2, 0) is 4.74 Å². The lowest BCUT2D eigenvalue weighted by Gasteiger charge is -2.11. The summed E-state index contributed by atoms with van der Waals surface area (Å²) in [6, 6.07) is 9.16. The van der Waals surface area contributed by atoms with Crippen LogP contribution in [0.25, 0.3) is 5.69 Å². The summed E-state index contributed by atoms with van der Waals surface area (Å²) in [6.07, 6.45) is 1.84. The van der Waals surface area contributed by atoms with E-state index in [-0.39, 0.29) is 5.97 Å². The number of nitrogens with zero attached hydrogens (tertiary/aromatic N) is 1. The van der Waals surface area contributed by atoms with Gasteiger partial charge >= 0.3 is 5.97 Å². The smallest absolute Gasteiger partial charge is 0.355 e. The lowest BCUT2D eigenvalue weighted by molar-refractivity contribution is 0.0517. The van der Waals surface area contributed by atoms with Gasteiger partial charge in [0.1, 0.15) is 5.69 Å². The number of carbonyl (C=O) groups excluding carboxylic acids is 1. The maximum atomic E-state index is 11.8. The Hall–Kier alpha value is -2.23. The predicted molar refractivity (Wildman–Crippen MR) is 70.9 cm³/mol. The molecule has 0 saturated heterocycles. The van der Waals surface area contributed by atoms with E-state index >= 15 is 0 Å². The highest BCUT2D eigenvalue weighted by Gasteiger charge is 2.13. The first kappa shape index (κ1) is 12.2. The van der Waals surface area contributed by atoms with Crippen molar-refractivity contribution in [3.8, 4) is 5.69 Å². The molecule has 1 aromatic heterocycles. The second-order valence-corrected chi connectivity index (χ2v) is 4.03. The zero-order valence-electron chi connectivity index (χ0n) is 10.5. The standard InChI is InChI=1S/C14H16N2O2/c1-3-18-14(17)13-5-4-8-16(13)12-7-6-11(15)9-10(12)2/h4-9H,3,15H2,1-2H3. The Kier molecular flexibility index (Phi) is 3.37. The molecule has 0 fully saturated rings. The van der Waals surface area contributed by atoms with E-state index in [9.17, 15) is 4.79 Å². The molecule has 0 amide bonds. The number of rotatable bonds is 3. The molecule has 2 rings (SSSR count). The van der Waals surface area contributed by atoms with Gasteiger partial charge in [-0.1, -0.05) is 0 Å². The van der Waals surface area contributed by atoms with Crippen LogP contribution in [0, 0.1) is 6.92 Å². The molecule has 0 spiro atoms. The maximum Gasteiger partial charge on any atom is 0.355 e. The monoisotopic (exact) mass is 244 g/mol. The number of aromatic nitrogens is 1. The van der Waals surface area contributed by atoms with Crippen LogP contribution in [-0.4, -0.2) is 17.1 Å². The van der Waals surface area contributed by atoms with Crippen LogP contribution >= 0.6 is 0 Å². The molecule has 94 valence electrons. The number of ether oxygens (including phenoxy) is 1. The summed E-state index contributed by atoms with van der Waals surface area (Å²) >= 11 is 0. The third kappa shape index (κ3) is 2.22. The molecule has 0 saturated carbocycles. The quantitative estimate of drug-likeness (QED) is 0.666. The number of hydrogen-bond acceptors (Lipinski definition) is 3. The Bertz CT molecular complexity index is 573. The third-order valence-corrected chi connectivity index (χ3v) is 2.71. The lowest BCUT2D eigenvalue weighted by Crippen LogP contribution is -2.11. The summed E-state index contributed by atoms with van der Waals surface area (Å²) in [4.78, 5) is 11.8.